The summed E-state index contributed by atoms with van der Waals surface area (Å²) in [4.78, 5) is 19.5. The Labute approximate surface area is 124 Å². The Kier molecular flexibility index (Phi) is 6.04. The first-order valence-corrected chi connectivity index (χ1v) is 6.82. The number of nitrogens with zero attached hydrogens (tertiary/aromatic N) is 2. The second-order valence-electron chi connectivity index (χ2n) is 5.54. The highest BCUT2D eigenvalue weighted by Gasteiger charge is 2.22. The molecule has 7 heteroatoms. The van der Waals surface area contributed by atoms with Gasteiger partial charge in [-0.1, -0.05) is 13.8 Å². The summed E-state index contributed by atoms with van der Waals surface area (Å²) in [6.07, 6.45) is 1.88. The Morgan fingerprint density at radius 2 is 2.19 bits per heavy atom. The van der Waals surface area contributed by atoms with Crippen molar-refractivity contribution < 1.29 is 19.7 Å². The molecule has 0 aliphatic rings. The van der Waals surface area contributed by atoms with Gasteiger partial charge >= 0.3 is 5.97 Å². The molecule has 1 atom stereocenters. The molecule has 0 aliphatic carbocycles. The van der Waals surface area contributed by atoms with E-state index in [1.54, 1.807) is 14.0 Å². The number of methoxy groups -OCH3 is 1. The van der Waals surface area contributed by atoms with Crippen LogP contribution in [0.25, 0.3) is 0 Å². The maximum atomic E-state index is 11.3. The lowest BCUT2D eigenvalue weighted by Crippen LogP contribution is -2.35. The van der Waals surface area contributed by atoms with Gasteiger partial charge in [-0.05, 0) is 6.92 Å². The molecule has 1 unspecified atom stereocenters. The van der Waals surface area contributed by atoms with Gasteiger partial charge in [0.2, 0.25) is 0 Å². The zero-order valence-electron chi connectivity index (χ0n) is 12.9. The molecule has 0 saturated heterocycles. The predicted molar refractivity (Wildman–Crippen MR) is 78.7 cm³/mol. The van der Waals surface area contributed by atoms with E-state index in [1.807, 2.05) is 13.8 Å². The number of hydrogen-bond acceptors (Lipinski definition) is 6. The van der Waals surface area contributed by atoms with Crippen molar-refractivity contribution in [1.82, 2.24) is 9.97 Å². The minimum absolute atomic E-state index is 0.0435. The molecule has 0 aromatic carbocycles. The van der Waals surface area contributed by atoms with Crippen LogP contribution in [0.3, 0.4) is 0 Å². The van der Waals surface area contributed by atoms with Gasteiger partial charge in [0.15, 0.2) is 5.69 Å². The van der Waals surface area contributed by atoms with Crippen LogP contribution in [0.1, 0.15) is 49.4 Å². The van der Waals surface area contributed by atoms with Gasteiger partial charge in [-0.15, -0.1) is 0 Å². The number of anilines is 1. The van der Waals surface area contributed by atoms with Crippen molar-refractivity contribution in [2.45, 2.75) is 38.7 Å². The number of aromatic nitrogens is 2. The van der Waals surface area contributed by atoms with Gasteiger partial charge in [0.1, 0.15) is 5.82 Å². The Balaban J connectivity index is 2.85. The number of carbonyl (C=O) groups is 1. The summed E-state index contributed by atoms with van der Waals surface area (Å²) in [6.45, 7) is 6.04. The summed E-state index contributed by atoms with van der Waals surface area (Å²) in [6, 6.07) is 0. The van der Waals surface area contributed by atoms with E-state index in [0.29, 0.717) is 24.5 Å². The fourth-order valence-corrected chi connectivity index (χ4v) is 1.66. The molecule has 7 nitrogen and oxygen atoms in total. The summed E-state index contributed by atoms with van der Waals surface area (Å²) in [7, 11) is 1.56. The molecule has 0 fully saturated rings. The number of aromatic carboxylic acids is 1. The first-order valence-electron chi connectivity index (χ1n) is 6.82. The van der Waals surface area contributed by atoms with Gasteiger partial charge in [-0.25, -0.2) is 14.8 Å². The van der Waals surface area contributed by atoms with Crippen LogP contribution in [0.2, 0.25) is 0 Å². The van der Waals surface area contributed by atoms with Crippen LogP contribution in [-0.4, -0.2) is 52.0 Å². The zero-order valence-corrected chi connectivity index (χ0v) is 12.9. The maximum Gasteiger partial charge on any atom is 0.356 e. The van der Waals surface area contributed by atoms with Crippen molar-refractivity contribution >= 4 is 11.7 Å². The Morgan fingerprint density at radius 3 is 2.71 bits per heavy atom. The van der Waals surface area contributed by atoms with E-state index in [1.165, 1.54) is 6.20 Å². The third kappa shape index (κ3) is 5.28. The number of carboxylic acids is 1. The minimum Gasteiger partial charge on any atom is -0.476 e. The largest absolute Gasteiger partial charge is 0.476 e. The van der Waals surface area contributed by atoms with E-state index < -0.39 is 11.6 Å². The molecule has 0 amide bonds. The Bertz CT molecular complexity index is 489. The number of aliphatic hydroxyl groups is 1. The first-order chi connectivity index (χ1) is 9.76. The monoisotopic (exact) mass is 297 g/mol. The average Bonchev–Trinajstić information content (AvgIpc) is 2.42. The van der Waals surface area contributed by atoms with Crippen LogP contribution < -0.4 is 5.32 Å². The molecule has 1 heterocycles. The number of nitrogens with one attached hydrogen (secondary N) is 1. The summed E-state index contributed by atoms with van der Waals surface area (Å²) in [5.74, 6) is -0.607. The van der Waals surface area contributed by atoms with Crippen LogP contribution in [0.5, 0.6) is 0 Å². The van der Waals surface area contributed by atoms with E-state index in [9.17, 15) is 15.0 Å². The fraction of sp³-hybridized carbons (Fsp3) is 0.643. The highest BCUT2D eigenvalue weighted by molar-refractivity contribution is 5.91. The van der Waals surface area contributed by atoms with E-state index in [0.717, 1.165) is 0 Å². The van der Waals surface area contributed by atoms with E-state index >= 15 is 0 Å². The second kappa shape index (κ2) is 7.33. The lowest BCUT2D eigenvalue weighted by Gasteiger charge is -2.24. The second-order valence-corrected chi connectivity index (χ2v) is 5.54. The van der Waals surface area contributed by atoms with Gasteiger partial charge < -0.3 is 20.3 Å². The van der Waals surface area contributed by atoms with Gasteiger partial charge in [0.05, 0.1) is 17.5 Å². The smallest absolute Gasteiger partial charge is 0.356 e. The molecule has 0 radical (unpaired) electrons. The molecule has 1 aromatic rings. The van der Waals surface area contributed by atoms with Crippen molar-refractivity contribution in [2.75, 3.05) is 25.6 Å². The minimum atomic E-state index is -1.13. The first kappa shape index (κ1) is 17.3. The number of hydrogen-bond donors (Lipinski definition) is 3. The maximum absolute atomic E-state index is 11.3. The molecule has 0 saturated carbocycles. The van der Waals surface area contributed by atoms with Crippen LogP contribution in [-0.2, 0) is 4.74 Å². The molecule has 1 rings (SSSR count). The van der Waals surface area contributed by atoms with Crippen LogP contribution in [0.4, 0.5) is 5.69 Å². The lowest BCUT2D eigenvalue weighted by atomic mass is 10.0. The average molecular weight is 297 g/mol. The van der Waals surface area contributed by atoms with Crippen molar-refractivity contribution in [2.24, 2.45) is 0 Å². The molecule has 118 valence electrons. The van der Waals surface area contributed by atoms with Gasteiger partial charge in [-0.2, -0.15) is 0 Å². The highest BCUT2D eigenvalue weighted by Crippen LogP contribution is 2.18. The van der Waals surface area contributed by atoms with Crippen LogP contribution in [0.15, 0.2) is 6.20 Å². The van der Waals surface area contributed by atoms with Gasteiger partial charge in [-0.3, -0.25) is 0 Å². The molecule has 0 spiro atoms. The SMILES string of the molecule is COCCC(C)(O)CNc1cnc(C(C)C)nc1C(=O)O. The molecular weight excluding hydrogens is 274 g/mol. The van der Waals surface area contributed by atoms with Crippen LogP contribution in [0, 0.1) is 0 Å². The Hall–Kier alpha value is -1.73. The molecule has 1 aromatic heterocycles. The van der Waals surface area contributed by atoms with Crippen molar-refractivity contribution in [1.29, 1.82) is 0 Å². The standard InChI is InChI=1S/C14H23N3O4/c1-9(2)12-15-7-10(11(17-12)13(18)19)16-8-14(3,20)5-6-21-4/h7,9,16,20H,5-6,8H2,1-4H3,(H,18,19). The third-order valence-corrected chi connectivity index (χ3v) is 3.03. The summed E-state index contributed by atoms with van der Waals surface area (Å²) in [5, 5.41) is 22.3. The van der Waals surface area contributed by atoms with Gasteiger partial charge in [0.25, 0.3) is 0 Å². The fourth-order valence-electron chi connectivity index (χ4n) is 1.66. The highest BCUT2D eigenvalue weighted by atomic mass is 16.5. The molecule has 0 aliphatic heterocycles. The van der Waals surface area contributed by atoms with Crippen LogP contribution >= 0.6 is 0 Å². The number of ether oxygens (including phenoxy) is 1. The normalized spacial score (nSPS) is 14.0. The number of carboxylic acid groups (broad SMARTS) is 1. The summed E-state index contributed by atoms with van der Waals surface area (Å²) >= 11 is 0. The topological polar surface area (TPSA) is 105 Å². The molecule has 3 N–H and O–H groups in total. The molecular formula is C14H23N3O4. The quantitative estimate of drug-likeness (QED) is 0.667. The zero-order chi connectivity index (χ0) is 16.0. The van der Waals surface area contributed by atoms with Crippen molar-refractivity contribution in [3.05, 3.63) is 17.7 Å². The predicted octanol–water partition coefficient (Wildman–Crippen LogP) is 1.50. The third-order valence-electron chi connectivity index (χ3n) is 3.03. The van der Waals surface area contributed by atoms with Crippen molar-refractivity contribution in [3.8, 4) is 0 Å². The summed E-state index contributed by atoms with van der Waals surface area (Å²) < 4.78 is 4.93. The number of rotatable bonds is 8. The molecule has 21 heavy (non-hydrogen) atoms. The van der Waals surface area contributed by atoms with E-state index in [2.05, 4.69) is 15.3 Å². The van der Waals surface area contributed by atoms with Gasteiger partial charge in [0, 0.05) is 32.6 Å². The lowest BCUT2D eigenvalue weighted by molar-refractivity contribution is 0.0356. The summed E-state index contributed by atoms with van der Waals surface area (Å²) in [5.41, 5.74) is -0.802. The van der Waals surface area contributed by atoms with E-state index in [4.69, 9.17) is 4.74 Å². The van der Waals surface area contributed by atoms with Crippen molar-refractivity contribution in [3.63, 3.8) is 0 Å². The van der Waals surface area contributed by atoms with E-state index in [-0.39, 0.29) is 18.2 Å². The molecule has 0 bridgehead atoms. The Morgan fingerprint density at radius 1 is 1.52 bits per heavy atom.